The number of piperazine rings is 1. The first kappa shape index (κ1) is 21.1. The molecule has 1 aliphatic heterocycles. The fourth-order valence-electron chi connectivity index (χ4n) is 2.82. The summed E-state index contributed by atoms with van der Waals surface area (Å²) in [6.07, 6.45) is 0. The standard InChI is InChI=1S/C18H20FN3O3S.ClH/c1-13-12-20-10-11-22(13)18(23)14-2-8-17(9-3-14)26(24,25)21-16-6-4-15(19)5-7-16;/h2-9,13,20-21H,10-12H2,1H3;1H/t13-;/m0./s1. The van der Waals surface area contributed by atoms with Gasteiger partial charge >= 0.3 is 0 Å². The van der Waals surface area contributed by atoms with Crippen molar-refractivity contribution in [1.82, 2.24) is 10.2 Å². The highest BCUT2D eigenvalue weighted by molar-refractivity contribution is 7.92. The number of carbonyl (C=O) groups is 1. The molecule has 1 heterocycles. The number of carbonyl (C=O) groups excluding carboxylic acids is 1. The zero-order chi connectivity index (χ0) is 18.7. The highest BCUT2D eigenvalue weighted by Gasteiger charge is 2.24. The minimum Gasteiger partial charge on any atom is -0.333 e. The lowest BCUT2D eigenvalue weighted by Gasteiger charge is -2.34. The summed E-state index contributed by atoms with van der Waals surface area (Å²) in [5.41, 5.74) is 0.709. The number of halogens is 2. The molecule has 0 bridgehead atoms. The number of hydrogen-bond donors (Lipinski definition) is 2. The Balaban J connectivity index is 0.00000261. The molecule has 9 heteroatoms. The molecule has 0 radical (unpaired) electrons. The topological polar surface area (TPSA) is 78.5 Å². The molecule has 0 saturated carbocycles. The van der Waals surface area contributed by atoms with Crippen LogP contribution >= 0.6 is 12.4 Å². The Morgan fingerprint density at radius 3 is 2.37 bits per heavy atom. The highest BCUT2D eigenvalue weighted by atomic mass is 35.5. The van der Waals surface area contributed by atoms with Crippen LogP contribution in [0.5, 0.6) is 0 Å². The molecule has 0 spiro atoms. The first-order valence-corrected chi connectivity index (χ1v) is 9.75. The van der Waals surface area contributed by atoms with Crippen molar-refractivity contribution in [2.75, 3.05) is 24.4 Å². The molecule has 0 aliphatic carbocycles. The molecular weight excluding hydrogens is 393 g/mol. The predicted molar refractivity (Wildman–Crippen MR) is 104 cm³/mol. The summed E-state index contributed by atoms with van der Waals surface area (Å²) >= 11 is 0. The third kappa shape index (κ3) is 4.97. The van der Waals surface area contributed by atoms with Crippen molar-refractivity contribution in [3.63, 3.8) is 0 Å². The molecule has 3 rings (SSSR count). The van der Waals surface area contributed by atoms with E-state index in [2.05, 4.69) is 10.0 Å². The van der Waals surface area contributed by atoms with E-state index in [0.717, 1.165) is 13.1 Å². The molecule has 1 saturated heterocycles. The lowest BCUT2D eigenvalue weighted by Crippen LogP contribution is -2.52. The second-order valence-corrected chi connectivity index (χ2v) is 7.87. The first-order chi connectivity index (χ1) is 12.4. The van der Waals surface area contributed by atoms with Crippen LogP contribution < -0.4 is 10.0 Å². The molecule has 0 aromatic heterocycles. The van der Waals surface area contributed by atoms with Crippen molar-refractivity contribution in [1.29, 1.82) is 0 Å². The van der Waals surface area contributed by atoms with Gasteiger partial charge in [0.1, 0.15) is 5.82 Å². The second kappa shape index (κ2) is 8.69. The third-order valence-corrected chi connectivity index (χ3v) is 5.67. The average molecular weight is 414 g/mol. The molecule has 2 aromatic carbocycles. The monoisotopic (exact) mass is 413 g/mol. The smallest absolute Gasteiger partial charge is 0.261 e. The summed E-state index contributed by atoms with van der Waals surface area (Å²) in [5, 5.41) is 3.22. The number of sulfonamides is 1. The fourth-order valence-corrected chi connectivity index (χ4v) is 3.88. The highest BCUT2D eigenvalue weighted by Crippen LogP contribution is 2.18. The number of nitrogens with zero attached hydrogens (tertiary/aromatic N) is 1. The van der Waals surface area contributed by atoms with Gasteiger partial charge in [0.25, 0.3) is 15.9 Å². The Morgan fingerprint density at radius 2 is 1.78 bits per heavy atom. The minimum absolute atomic E-state index is 0. The van der Waals surface area contributed by atoms with Gasteiger partial charge in [-0.15, -0.1) is 12.4 Å². The normalized spacial score (nSPS) is 17.1. The number of hydrogen-bond acceptors (Lipinski definition) is 4. The van der Waals surface area contributed by atoms with Gasteiger partial charge in [-0.25, -0.2) is 12.8 Å². The van der Waals surface area contributed by atoms with Crippen LogP contribution in [0.1, 0.15) is 17.3 Å². The van der Waals surface area contributed by atoms with E-state index in [9.17, 15) is 17.6 Å². The Hall–Kier alpha value is -2.16. The summed E-state index contributed by atoms with van der Waals surface area (Å²) in [7, 11) is -3.81. The largest absolute Gasteiger partial charge is 0.333 e. The maximum atomic E-state index is 12.9. The van der Waals surface area contributed by atoms with Gasteiger partial charge in [-0.2, -0.15) is 0 Å². The lowest BCUT2D eigenvalue weighted by molar-refractivity contribution is 0.0655. The van der Waals surface area contributed by atoms with E-state index in [1.165, 1.54) is 48.5 Å². The quantitative estimate of drug-likeness (QED) is 0.807. The molecule has 1 fully saturated rings. The van der Waals surface area contributed by atoms with Crippen LogP contribution in [0.15, 0.2) is 53.4 Å². The van der Waals surface area contributed by atoms with Crippen molar-refractivity contribution in [2.24, 2.45) is 0 Å². The molecule has 146 valence electrons. The second-order valence-electron chi connectivity index (χ2n) is 6.19. The summed E-state index contributed by atoms with van der Waals surface area (Å²) in [4.78, 5) is 14.4. The molecular formula is C18H21ClFN3O3S. The Bertz CT molecular complexity index is 889. The van der Waals surface area contributed by atoms with E-state index < -0.39 is 15.8 Å². The van der Waals surface area contributed by atoms with Crippen molar-refractivity contribution in [3.05, 3.63) is 59.9 Å². The number of benzene rings is 2. The first-order valence-electron chi connectivity index (χ1n) is 8.27. The molecule has 0 unspecified atom stereocenters. The number of amides is 1. The van der Waals surface area contributed by atoms with Gasteiger partial charge in [0, 0.05) is 36.9 Å². The molecule has 2 N–H and O–H groups in total. The predicted octanol–water partition coefficient (Wildman–Crippen LogP) is 2.48. The van der Waals surface area contributed by atoms with E-state index >= 15 is 0 Å². The molecule has 1 aliphatic rings. The molecule has 2 aromatic rings. The van der Waals surface area contributed by atoms with Crippen LogP contribution in [0, 0.1) is 5.82 Å². The zero-order valence-electron chi connectivity index (χ0n) is 14.7. The SMILES string of the molecule is C[C@H]1CNCCN1C(=O)c1ccc(S(=O)(=O)Nc2ccc(F)cc2)cc1.Cl. The summed E-state index contributed by atoms with van der Waals surface area (Å²) in [6.45, 7) is 4.06. The van der Waals surface area contributed by atoms with Crippen molar-refractivity contribution in [2.45, 2.75) is 17.9 Å². The summed E-state index contributed by atoms with van der Waals surface area (Å²) in [6, 6.07) is 10.9. The van der Waals surface area contributed by atoms with Crippen LogP contribution in [0.25, 0.3) is 0 Å². The summed E-state index contributed by atoms with van der Waals surface area (Å²) < 4.78 is 40.1. The van der Waals surface area contributed by atoms with E-state index in [1.807, 2.05) is 6.92 Å². The van der Waals surface area contributed by atoms with Gasteiger partial charge in [0.15, 0.2) is 0 Å². The van der Waals surface area contributed by atoms with Crippen LogP contribution in [0.4, 0.5) is 10.1 Å². The van der Waals surface area contributed by atoms with Crippen LogP contribution in [0.2, 0.25) is 0 Å². The van der Waals surface area contributed by atoms with Gasteiger partial charge in [0.05, 0.1) is 4.90 Å². The van der Waals surface area contributed by atoms with Crippen LogP contribution in [-0.2, 0) is 10.0 Å². The van der Waals surface area contributed by atoms with E-state index in [0.29, 0.717) is 12.1 Å². The Labute approximate surface area is 164 Å². The number of nitrogens with one attached hydrogen (secondary N) is 2. The molecule has 6 nitrogen and oxygen atoms in total. The zero-order valence-corrected chi connectivity index (χ0v) is 16.3. The molecule has 27 heavy (non-hydrogen) atoms. The molecule has 1 atom stereocenters. The van der Waals surface area contributed by atoms with Crippen LogP contribution in [0.3, 0.4) is 0 Å². The number of rotatable bonds is 4. The van der Waals surface area contributed by atoms with Gasteiger partial charge in [-0.05, 0) is 55.5 Å². The fraction of sp³-hybridized carbons (Fsp3) is 0.278. The van der Waals surface area contributed by atoms with Gasteiger partial charge in [-0.1, -0.05) is 0 Å². The van der Waals surface area contributed by atoms with Crippen molar-refractivity contribution < 1.29 is 17.6 Å². The van der Waals surface area contributed by atoms with Crippen molar-refractivity contribution in [3.8, 4) is 0 Å². The van der Waals surface area contributed by atoms with E-state index in [-0.39, 0.29) is 34.9 Å². The lowest BCUT2D eigenvalue weighted by atomic mass is 10.1. The Kier molecular flexibility index (Phi) is 6.80. The molecule has 1 amide bonds. The Morgan fingerprint density at radius 1 is 1.15 bits per heavy atom. The maximum Gasteiger partial charge on any atom is 0.261 e. The van der Waals surface area contributed by atoms with Crippen molar-refractivity contribution >= 4 is 34.0 Å². The van der Waals surface area contributed by atoms with Crippen LogP contribution in [-0.4, -0.2) is 44.9 Å². The number of anilines is 1. The minimum atomic E-state index is -3.81. The van der Waals surface area contributed by atoms with Gasteiger partial charge < -0.3 is 10.2 Å². The maximum absolute atomic E-state index is 12.9. The summed E-state index contributed by atoms with van der Waals surface area (Å²) in [5.74, 6) is -0.563. The van der Waals surface area contributed by atoms with Gasteiger partial charge in [0.2, 0.25) is 0 Å². The third-order valence-electron chi connectivity index (χ3n) is 4.27. The average Bonchev–Trinajstić information content (AvgIpc) is 2.63. The van der Waals surface area contributed by atoms with E-state index in [1.54, 1.807) is 4.90 Å². The van der Waals surface area contributed by atoms with E-state index in [4.69, 9.17) is 0 Å². The van der Waals surface area contributed by atoms with Gasteiger partial charge in [-0.3, -0.25) is 9.52 Å².